The number of rotatable bonds is 15. The van der Waals surface area contributed by atoms with Gasteiger partial charge >= 0.3 is 11.9 Å². The number of aromatic nitrogens is 1. The van der Waals surface area contributed by atoms with Crippen molar-refractivity contribution in [1.29, 1.82) is 0 Å². The molecule has 0 radical (unpaired) electrons. The number of hydrogen-bond donors (Lipinski definition) is 5. The van der Waals surface area contributed by atoms with Crippen LogP contribution in [0.2, 0.25) is 0 Å². The number of aryl methyl sites for hydroxylation is 1. The van der Waals surface area contributed by atoms with Crippen molar-refractivity contribution in [1.82, 2.24) is 26.3 Å². The molecule has 5 aromatic rings. The second-order valence-electron chi connectivity index (χ2n) is 10.8. The standard InChI is InChI=1S/C28H27N3O5.C9H10N2O3/c1-20-25(29-28(36-20)23-10-6-3-7-11-23)16-17-35-24-14-12-21(13-15-24)18-31(19-26(32)33)30-27(34)22-8-4-2-5-9-22;12-8(13)6-10-11-9(14)7-4-2-1-3-5-7/h2-15H,16-19H2,1H3,(H,30,34)(H,32,33);1-5,10H,6H2,(H,11,14)(H,12,13). The van der Waals surface area contributed by atoms with Crippen molar-refractivity contribution < 1.29 is 38.5 Å². The van der Waals surface area contributed by atoms with Crippen LogP contribution in [0.25, 0.3) is 11.5 Å². The fraction of sp³-hybridized carbons (Fsp3) is 0.162. The lowest BCUT2D eigenvalue weighted by Gasteiger charge is -2.21. The summed E-state index contributed by atoms with van der Waals surface area (Å²) < 4.78 is 11.7. The normalized spacial score (nSPS) is 10.4. The second-order valence-corrected chi connectivity index (χ2v) is 10.8. The van der Waals surface area contributed by atoms with Crippen molar-refractivity contribution in [3.8, 4) is 17.2 Å². The first-order valence-corrected chi connectivity index (χ1v) is 15.5. The molecule has 0 aliphatic heterocycles. The number of benzene rings is 4. The Labute approximate surface area is 288 Å². The Kier molecular flexibility index (Phi) is 13.8. The average molecular weight is 680 g/mol. The number of carboxylic acids is 2. The summed E-state index contributed by atoms with van der Waals surface area (Å²) in [6.45, 7) is 1.91. The number of nitrogens with one attached hydrogen (secondary N) is 3. The predicted octanol–water partition coefficient (Wildman–Crippen LogP) is 4.51. The van der Waals surface area contributed by atoms with Crippen molar-refractivity contribution in [2.75, 3.05) is 19.7 Å². The van der Waals surface area contributed by atoms with Crippen LogP contribution >= 0.6 is 0 Å². The van der Waals surface area contributed by atoms with Crippen LogP contribution in [0.4, 0.5) is 0 Å². The van der Waals surface area contributed by atoms with E-state index in [1.165, 1.54) is 5.01 Å². The number of amides is 2. The van der Waals surface area contributed by atoms with E-state index >= 15 is 0 Å². The monoisotopic (exact) mass is 679 g/mol. The van der Waals surface area contributed by atoms with E-state index in [0.29, 0.717) is 35.8 Å². The Bertz CT molecular complexity index is 1830. The van der Waals surface area contributed by atoms with Gasteiger partial charge in [-0.25, -0.2) is 15.4 Å². The molecule has 0 saturated carbocycles. The minimum absolute atomic E-state index is 0.228. The highest BCUT2D eigenvalue weighted by molar-refractivity contribution is 5.94. The van der Waals surface area contributed by atoms with Gasteiger partial charge in [-0.2, -0.15) is 0 Å². The van der Waals surface area contributed by atoms with E-state index in [1.807, 2.05) is 67.6 Å². The summed E-state index contributed by atoms with van der Waals surface area (Å²) in [5.74, 6) is -0.745. The number of carboxylic acid groups (broad SMARTS) is 2. The molecule has 13 heteroatoms. The number of hydrazine groups is 2. The molecule has 0 saturated heterocycles. The SMILES string of the molecule is Cc1oc(-c2ccccc2)nc1CCOc1ccc(CN(CC(=O)O)NC(=O)c2ccccc2)cc1.O=C(O)CNNC(=O)c1ccccc1. The first-order chi connectivity index (χ1) is 24.2. The van der Waals surface area contributed by atoms with Gasteiger partial charge < -0.3 is 19.4 Å². The van der Waals surface area contributed by atoms with Gasteiger partial charge in [-0.1, -0.05) is 66.7 Å². The van der Waals surface area contributed by atoms with Gasteiger partial charge in [-0.3, -0.25) is 30.0 Å². The van der Waals surface area contributed by atoms with E-state index in [4.69, 9.17) is 14.3 Å². The summed E-state index contributed by atoms with van der Waals surface area (Å²) in [7, 11) is 0. The fourth-order valence-electron chi connectivity index (χ4n) is 4.50. The lowest BCUT2D eigenvalue weighted by Crippen LogP contribution is -2.44. The summed E-state index contributed by atoms with van der Waals surface area (Å²) in [6, 6.07) is 34.2. The van der Waals surface area contributed by atoms with E-state index in [2.05, 4.69) is 21.3 Å². The molecule has 0 unspecified atom stereocenters. The van der Waals surface area contributed by atoms with Crippen LogP contribution in [0.3, 0.4) is 0 Å². The average Bonchev–Trinajstić information content (AvgIpc) is 3.50. The van der Waals surface area contributed by atoms with Crippen LogP contribution in [0, 0.1) is 6.92 Å². The predicted molar refractivity (Wildman–Crippen MR) is 184 cm³/mol. The molecule has 5 N–H and O–H groups in total. The fourth-order valence-corrected chi connectivity index (χ4v) is 4.50. The van der Waals surface area contributed by atoms with Crippen LogP contribution in [0.1, 0.15) is 37.7 Å². The highest BCUT2D eigenvalue weighted by Crippen LogP contribution is 2.22. The largest absolute Gasteiger partial charge is 0.493 e. The smallest absolute Gasteiger partial charge is 0.319 e. The van der Waals surface area contributed by atoms with E-state index in [0.717, 1.165) is 22.6 Å². The third-order valence-electron chi connectivity index (χ3n) is 6.92. The third kappa shape index (κ3) is 12.0. The van der Waals surface area contributed by atoms with Gasteiger partial charge in [-0.05, 0) is 61.0 Å². The second kappa shape index (κ2) is 18.9. The molecular formula is C37H37N5O8. The molecule has 0 spiro atoms. The molecule has 0 aliphatic rings. The summed E-state index contributed by atoms with van der Waals surface area (Å²) in [4.78, 5) is 49.7. The maximum absolute atomic E-state index is 12.4. The molecule has 5 rings (SSSR count). The van der Waals surface area contributed by atoms with Crippen molar-refractivity contribution in [2.45, 2.75) is 19.9 Å². The highest BCUT2D eigenvalue weighted by Gasteiger charge is 2.15. The number of nitrogens with zero attached hydrogens (tertiary/aromatic N) is 2. The first kappa shape index (κ1) is 36.5. The van der Waals surface area contributed by atoms with Gasteiger partial charge in [0.1, 0.15) is 24.6 Å². The molecule has 13 nitrogen and oxygen atoms in total. The Morgan fingerprint density at radius 1 is 0.760 bits per heavy atom. The van der Waals surface area contributed by atoms with Gasteiger partial charge in [-0.15, -0.1) is 0 Å². The molecule has 50 heavy (non-hydrogen) atoms. The minimum atomic E-state index is -1.04. The zero-order valence-corrected chi connectivity index (χ0v) is 27.2. The zero-order valence-electron chi connectivity index (χ0n) is 27.2. The van der Waals surface area contributed by atoms with E-state index in [-0.39, 0.29) is 31.4 Å². The van der Waals surface area contributed by atoms with Crippen LogP contribution in [-0.4, -0.2) is 63.7 Å². The van der Waals surface area contributed by atoms with Crippen LogP contribution in [-0.2, 0) is 22.6 Å². The number of carbonyl (C=O) groups is 4. The molecule has 0 aliphatic carbocycles. The number of carbonyl (C=O) groups excluding carboxylic acids is 2. The van der Waals surface area contributed by atoms with Crippen molar-refractivity contribution >= 4 is 23.8 Å². The summed E-state index contributed by atoms with van der Waals surface area (Å²) >= 11 is 0. The summed E-state index contributed by atoms with van der Waals surface area (Å²) in [5.41, 5.74) is 10.8. The Morgan fingerprint density at radius 2 is 1.34 bits per heavy atom. The number of oxazole rings is 1. The molecule has 0 bridgehead atoms. The zero-order chi connectivity index (χ0) is 35.7. The lowest BCUT2D eigenvalue weighted by molar-refractivity contribution is -0.139. The van der Waals surface area contributed by atoms with Gasteiger partial charge in [0.05, 0.1) is 12.3 Å². The molecule has 4 aromatic carbocycles. The highest BCUT2D eigenvalue weighted by atomic mass is 16.5. The summed E-state index contributed by atoms with van der Waals surface area (Å²) in [6.07, 6.45) is 0.599. The number of aliphatic carboxylic acids is 2. The molecule has 1 heterocycles. The Hall–Kier alpha value is -6.31. The van der Waals surface area contributed by atoms with Crippen molar-refractivity contribution in [2.24, 2.45) is 0 Å². The summed E-state index contributed by atoms with van der Waals surface area (Å²) in [5, 5.41) is 18.9. The van der Waals surface area contributed by atoms with Crippen LogP contribution in [0.5, 0.6) is 5.75 Å². The molecular weight excluding hydrogens is 642 g/mol. The molecule has 2 amide bonds. The van der Waals surface area contributed by atoms with Gasteiger partial charge in [0.2, 0.25) is 5.89 Å². The molecule has 0 fully saturated rings. The Balaban J connectivity index is 0.000000337. The van der Waals surface area contributed by atoms with Gasteiger partial charge in [0, 0.05) is 29.7 Å². The molecule has 0 atom stereocenters. The van der Waals surface area contributed by atoms with E-state index in [9.17, 15) is 24.3 Å². The minimum Gasteiger partial charge on any atom is -0.493 e. The molecule has 1 aromatic heterocycles. The van der Waals surface area contributed by atoms with Gasteiger partial charge in [0.15, 0.2) is 0 Å². The van der Waals surface area contributed by atoms with Crippen LogP contribution < -0.4 is 21.0 Å². The topological polar surface area (TPSA) is 183 Å². The number of hydrogen-bond acceptors (Lipinski definition) is 9. The maximum Gasteiger partial charge on any atom is 0.319 e. The third-order valence-corrected chi connectivity index (χ3v) is 6.92. The molecule has 258 valence electrons. The first-order valence-electron chi connectivity index (χ1n) is 15.5. The van der Waals surface area contributed by atoms with Crippen molar-refractivity contribution in [3.63, 3.8) is 0 Å². The quantitative estimate of drug-likeness (QED) is 0.0982. The van der Waals surface area contributed by atoms with Gasteiger partial charge in [0.25, 0.3) is 11.8 Å². The van der Waals surface area contributed by atoms with E-state index < -0.39 is 11.9 Å². The number of ether oxygens (including phenoxy) is 1. The maximum atomic E-state index is 12.4. The van der Waals surface area contributed by atoms with Crippen LogP contribution in [0.15, 0.2) is 120 Å². The lowest BCUT2D eigenvalue weighted by atomic mass is 10.2. The van der Waals surface area contributed by atoms with Crippen molar-refractivity contribution in [3.05, 3.63) is 143 Å². The van der Waals surface area contributed by atoms with E-state index in [1.54, 1.807) is 54.6 Å². The Morgan fingerprint density at radius 3 is 1.92 bits per heavy atom.